The third-order valence-electron chi connectivity index (χ3n) is 12.8. The SMILES string of the molecule is CC1CC2CC3CCCC3C(c3ccccc3)C2C1.CC1CC2CC3CCCC3C(c3ccccc3)C2C1.[CH3-].[CH3-].[Cl][Zr+2][Cl]. The Morgan fingerprint density at radius 3 is 1.23 bits per heavy atom. The molecule has 2 aromatic rings. The molecule has 0 nitrogen and oxygen atoms in total. The van der Waals surface area contributed by atoms with Crippen LogP contribution in [0.25, 0.3) is 0 Å². The summed E-state index contributed by atoms with van der Waals surface area (Å²) in [5.74, 6) is 11.9. The molecule has 0 radical (unpaired) electrons. The maximum atomic E-state index is 4.93. The van der Waals surface area contributed by atoms with Crippen molar-refractivity contribution in [3.05, 3.63) is 86.6 Å². The Morgan fingerprint density at radius 2 is 0.860 bits per heavy atom. The zero-order chi connectivity index (χ0) is 28.3. The Hall–Kier alpha value is -0.0969. The number of rotatable bonds is 2. The topological polar surface area (TPSA) is 0 Å². The molecule has 6 saturated carbocycles. The summed E-state index contributed by atoms with van der Waals surface area (Å²) in [6.45, 7) is 4.96. The van der Waals surface area contributed by atoms with Gasteiger partial charge in [-0.3, -0.25) is 0 Å². The van der Waals surface area contributed by atoms with E-state index in [-0.39, 0.29) is 14.9 Å². The molecule has 6 fully saturated rings. The van der Waals surface area contributed by atoms with Crippen LogP contribution in [0.5, 0.6) is 0 Å². The van der Waals surface area contributed by atoms with E-state index in [0.29, 0.717) is 0 Å². The average molecular weight is 701 g/mol. The van der Waals surface area contributed by atoms with Crippen LogP contribution < -0.4 is 0 Å². The molecule has 6 aliphatic carbocycles. The first-order chi connectivity index (χ1) is 20.1. The molecular formula is C40H58Cl2Zr. The van der Waals surface area contributed by atoms with Crippen LogP contribution in [0.4, 0.5) is 0 Å². The van der Waals surface area contributed by atoms with Gasteiger partial charge < -0.3 is 14.9 Å². The van der Waals surface area contributed by atoms with Crippen LogP contribution in [-0.2, 0) is 20.8 Å². The van der Waals surface area contributed by atoms with Gasteiger partial charge in [0.25, 0.3) is 0 Å². The summed E-state index contributed by atoms with van der Waals surface area (Å²) in [7, 11) is 9.87. The van der Waals surface area contributed by atoms with Gasteiger partial charge in [-0.05, 0) is 134 Å². The fraction of sp³-hybridized carbons (Fsp3) is 0.650. The Kier molecular flexibility index (Phi) is 13.8. The van der Waals surface area contributed by atoms with Crippen LogP contribution >= 0.6 is 17.0 Å². The zero-order valence-electron chi connectivity index (χ0n) is 27.4. The van der Waals surface area contributed by atoms with Crippen LogP contribution in [0.2, 0.25) is 0 Å². The molecule has 8 rings (SSSR count). The van der Waals surface area contributed by atoms with Crippen LogP contribution in [0.3, 0.4) is 0 Å². The molecule has 3 heteroatoms. The van der Waals surface area contributed by atoms with Crippen molar-refractivity contribution < 1.29 is 20.8 Å². The van der Waals surface area contributed by atoms with Crippen molar-refractivity contribution in [2.75, 3.05) is 0 Å². The molecule has 0 saturated heterocycles. The van der Waals surface area contributed by atoms with Crippen LogP contribution in [-0.4, -0.2) is 0 Å². The summed E-state index contributed by atoms with van der Waals surface area (Å²) in [6.07, 6.45) is 18.2. The normalized spacial score (nSPS) is 39.9. The summed E-state index contributed by atoms with van der Waals surface area (Å²) in [6, 6.07) is 23.0. The zero-order valence-corrected chi connectivity index (χ0v) is 31.4. The van der Waals surface area contributed by atoms with E-state index >= 15 is 0 Å². The molecule has 2 aromatic carbocycles. The van der Waals surface area contributed by atoms with E-state index in [2.05, 4.69) is 74.5 Å². The van der Waals surface area contributed by atoms with E-state index in [4.69, 9.17) is 17.0 Å². The van der Waals surface area contributed by atoms with Gasteiger partial charge in [0.15, 0.2) is 0 Å². The summed E-state index contributed by atoms with van der Waals surface area (Å²) < 4.78 is 0. The molecule has 0 N–H and O–H groups in total. The Bertz CT molecular complexity index is 989. The van der Waals surface area contributed by atoms with Crippen molar-refractivity contribution in [2.45, 2.75) is 103 Å². The molecule has 0 amide bonds. The molecular weight excluding hydrogens is 643 g/mol. The second kappa shape index (κ2) is 16.6. The molecule has 12 unspecified atom stereocenters. The van der Waals surface area contributed by atoms with Gasteiger partial charge >= 0.3 is 37.9 Å². The molecule has 12 atom stereocenters. The summed E-state index contributed by atoms with van der Waals surface area (Å²) in [4.78, 5) is 0. The number of hydrogen-bond donors (Lipinski definition) is 0. The predicted octanol–water partition coefficient (Wildman–Crippen LogP) is 12.8. The third kappa shape index (κ3) is 7.90. The Balaban J connectivity index is 0.000000173. The van der Waals surface area contributed by atoms with Gasteiger partial charge in [-0.15, -0.1) is 0 Å². The molecule has 43 heavy (non-hydrogen) atoms. The van der Waals surface area contributed by atoms with Crippen molar-refractivity contribution in [1.82, 2.24) is 0 Å². The van der Waals surface area contributed by atoms with Crippen LogP contribution in [0, 0.1) is 74.0 Å². The predicted molar refractivity (Wildman–Crippen MR) is 185 cm³/mol. The van der Waals surface area contributed by atoms with Crippen molar-refractivity contribution in [2.24, 2.45) is 59.2 Å². The van der Waals surface area contributed by atoms with Gasteiger partial charge in [0.2, 0.25) is 0 Å². The molecule has 236 valence electrons. The molecule has 0 spiro atoms. The van der Waals surface area contributed by atoms with E-state index in [1.807, 2.05) is 0 Å². The molecule has 6 aliphatic rings. The van der Waals surface area contributed by atoms with Gasteiger partial charge in [0.1, 0.15) is 0 Å². The minimum absolute atomic E-state index is 0. The second-order valence-electron chi connectivity index (χ2n) is 15.1. The van der Waals surface area contributed by atoms with Gasteiger partial charge in [-0.25, -0.2) is 0 Å². The number of benzene rings is 2. The van der Waals surface area contributed by atoms with Crippen molar-refractivity contribution in [3.8, 4) is 0 Å². The molecule has 0 bridgehead atoms. The molecule has 0 aliphatic heterocycles. The standard InChI is InChI=1S/2C19H26.2CH3.2ClH.Zr/c2*1-13-10-16-12-15-8-5-9-17(15)19(18(16)11-13)14-6-3-2-4-7-14;;;;;/h2*2-4,6-7,13,15-19H,5,8-12H2,1H3;2*1H3;2*1H;/q;;2*-1;;;+4/p-2. The fourth-order valence-corrected chi connectivity index (χ4v) is 11.7. The summed E-state index contributed by atoms with van der Waals surface area (Å²) in [5, 5.41) is 0. The minimum atomic E-state index is -0.826. The van der Waals surface area contributed by atoms with Gasteiger partial charge in [-0.2, -0.15) is 0 Å². The second-order valence-corrected chi connectivity index (χ2v) is 18.9. The first kappa shape index (κ1) is 35.8. The van der Waals surface area contributed by atoms with E-state index in [1.54, 1.807) is 24.0 Å². The summed E-state index contributed by atoms with van der Waals surface area (Å²) in [5.41, 5.74) is 3.31. The summed E-state index contributed by atoms with van der Waals surface area (Å²) >= 11 is -0.826. The number of halogens is 2. The fourth-order valence-electron chi connectivity index (χ4n) is 11.7. The molecule has 0 heterocycles. The monoisotopic (exact) mass is 698 g/mol. The van der Waals surface area contributed by atoms with E-state index < -0.39 is 20.8 Å². The van der Waals surface area contributed by atoms with Crippen LogP contribution in [0.15, 0.2) is 60.7 Å². The van der Waals surface area contributed by atoms with E-state index in [1.165, 1.54) is 64.2 Å². The van der Waals surface area contributed by atoms with Crippen molar-refractivity contribution in [3.63, 3.8) is 0 Å². The van der Waals surface area contributed by atoms with E-state index in [0.717, 1.165) is 71.0 Å². The van der Waals surface area contributed by atoms with Crippen molar-refractivity contribution >= 4 is 17.0 Å². The van der Waals surface area contributed by atoms with Gasteiger partial charge in [0, 0.05) is 0 Å². The number of fused-ring (bicyclic) bond motifs is 4. The van der Waals surface area contributed by atoms with Gasteiger partial charge in [0.05, 0.1) is 0 Å². The van der Waals surface area contributed by atoms with E-state index in [9.17, 15) is 0 Å². The quantitative estimate of drug-likeness (QED) is 0.274. The van der Waals surface area contributed by atoms with Crippen LogP contribution in [0.1, 0.15) is 114 Å². The van der Waals surface area contributed by atoms with Crippen molar-refractivity contribution in [1.29, 1.82) is 0 Å². The Labute approximate surface area is 284 Å². The first-order valence-electron chi connectivity index (χ1n) is 17.1. The third-order valence-corrected chi connectivity index (χ3v) is 12.8. The molecule has 0 aromatic heterocycles. The maximum absolute atomic E-state index is 4.93. The average Bonchev–Trinajstić information content (AvgIpc) is 3.78. The number of hydrogen-bond acceptors (Lipinski definition) is 0. The first-order valence-corrected chi connectivity index (χ1v) is 23.5. The Morgan fingerprint density at radius 1 is 0.488 bits per heavy atom. The van der Waals surface area contributed by atoms with Gasteiger partial charge in [-0.1, -0.05) is 100 Å².